The van der Waals surface area contributed by atoms with E-state index in [9.17, 15) is 5.11 Å². The van der Waals surface area contributed by atoms with E-state index in [0.717, 1.165) is 31.0 Å². The number of benzene rings is 2. The van der Waals surface area contributed by atoms with Gasteiger partial charge in [-0.3, -0.25) is 0 Å². The van der Waals surface area contributed by atoms with Crippen LogP contribution >= 0.6 is 24.0 Å². The molecule has 1 aliphatic heterocycles. The minimum absolute atomic E-state index is 0. The van der Waals surface area contributed by atoms with E-state index in [2.05, 4.69) is 41.4 Å². The Morgan fingerprint density at radius 3 is 2.65 bits per heavy atom. The number of guanidine groups is 1. The van der Waals surface area contributed by atoms with Gasteiger partial charge >= 0.3 is 0 Å². The zero-order chi connectivity index (χ0) is 15.4. The quantitative estimate of drug-likeness (QED) is 0.451. The fraction of sp³-hybridized carbons (Fsp3) is 0.278. The molecule has 2 aromatic rings. The molecule has 0 aromatic heterocycles. The number of hydrogen-bond acceptors (Lipinski definition) is 2. The molecule has 0 spiro atoms. The molecule has 0 fully saturated rings. The minimum atomic E-state index is 0. The van der Waals surface area contributed by atoms with Crippen molar-refractivity contribution in [1.82, 2.24) is 5.32 Å². The smallest absolute Gasteiger partial charge is 0.198 e. The lowest BCUT2D eigenvalue weighted by Gasteiger charge is -2.22. The van der Waals surface area contributed by atoms with Crippen molar-refractivity contribution < 1.29 is 5.11 Å². The van der Waals surface area contributed by atoms with Gasteiger partial charge in [0.15, 0.2) is 5.96 Å². The molecule has 0 radical (unpaired) electrons. The highest BCUT2D eigenvalue weighted by Gasteiger charge is 2.22. The van der Waals surface area contributed by atoms with Gasteiger partial charge in [-0.1, -0.05) is 30.3 Å². The number of rotatable bonds is 3. The summed E-state index contributed by atoms with van der Waals surface area (Å²) in [5.74, 6) is 1.20. The van der Waals surface area contributed by atoms with Crippen molar-refractivity contribution in [2.45, 2.75) is 19.9 Å². The van der Waals surface area contributed by atoms with Crippen LogP contribution in [0.3, 0.4) is 0 Å². The standard InChI is InChI=1S/C18H21N3O.HI/c1-2-19-18(20-13-14-7-9-16(22)10-8-14)21-12-11-15-5-3-4-6-17(15)21;/h3-10,22H,2,11-13H2,1H3,(H,19,20);1H. The van der Waals surface area contributed by atoms with Crippen molar-refractivity contribution in [1.29, 1.82) is 0 Å². The third kappa shape index (κ3) is 4.16. The van der Waals surface area contributed by atoms with Gasteiger partial charge in [0.05, 0.1) is 6.54 Å². The van der Waals surface area contributed by atoms with E-state index in [1.807, 2.05) is 12.1 Å². The molecular weight excluding hydrogens is 401 g/mol. The van der Waals surface area contributed by atoms with Crippen LogP contribution in [0.25, 0.3) is 0 Å². The predicted molar refractivity (Wildman–Crippen MR) is 106 cm³/mol. The van der Waals surface area contributed by atoms with Crippen LogP contribution < -0.4 is 10.2 Å². The van der Waals surface area contributed by atoms with Gasteiger partial charge in [-0.25, -0.2) is 4.99 Å². The number of aliphatic imine (C=N–C) groups is 1. The first-order valence-electron chi connectivity index (χ1n) is 7.69. The Morgan fingerprint density at radius 2 is 1.91 bits per heavy atom. The third-order valence-corrected chi connectivity index (χ3v) is 3.83. The molecule has 0 bridgehead atoms. The Bertz CT molecular complexity index is 670. The predicted octanol–water partition coefficient (Wildman–Crippen LogP) is 3.54. The summed E-state index contributed by atoms with van der Waals surface area (Å²) in [5.41, 5.74) is 3.70. The van der Waals surface area contributed by atoms with Gasteiger partial charge in [-0.15, -0.1) is 24.0 Å². The van der Waals surface area contributed by atoms with E-state index in [1.165, 1.54) is 11.3 Å². The average Bonchev–Trinajstić information content (AvgIpc) is 2.97. The van der Waals surface area contributed by atoms with E-state index in [0.29, 0.717) is 6.54 Å². The number of anilines is 1. The summed E-state index contributed by atoms with van der Waals surface area (Å²) in [6, 6.07) is 15.7. The van der Waals surface area contributed by atoms with Gasteiger partial charge in [0.25, 0.3) is 0 Å². The Morgan fingerprint density at radius 1 is 1.17 bits per heavy atom. The van der Waals surface area contributed by atoms with Crippen molar-refractivity contribution in [2.24, 2.45) is 4.99 Å². The van der Waals surface area contributed by atoms with Crippen LogP contribution in [0.4, 0.5) is 5.69 Å². The summed E-state index contributed by atoms with van der Waals surface area (Å²) >= 11 is 0. The Labute approximate surface area is 154 Å². The fourth-order valence-electron chi connectivity index (χ4n) is 2.72. The minimum Gasteiger partial charge on any atom is -0.508 e. The molecule has 0 unspecified atom stereocenters. The highest BCUT2D eigenvalue weighted by Crippen LogP contribution is 2.27. The highest BCUT2D eigenvalue weighted by molar-refractivity contribution is 14.0. The molecule has 23 heavy (non-hydrogen) atoms. The first kappa shape index (κ1) is 17.6. The van der Waals surface area contributed by atoms with Crippen LogP contribution in [0.15, 0.2) is 53.5 Å². The highest BCUT2D eigenvalue weighted by atomic mass is 127. The summed E-state index contributed by atoms with van der Waals surface area (Å²) in [7, 11) is 0. The maximum atomic E-state index is 9.34. The van der Waals surface area contributed by atoms with Crippen LogP contribution in [0, 0.1) is 0 Å². The number of para-hydroxylation sites is 1. The van der Waals surface area contributed by atoms with Gasteiger partial charge in [0.1, 0.15) is 5.75 Å². The summed E-state index contributed by atoms with van der Waals surface area (Å²) in [6.45, 7) is 4.48. The van der Waals surface area contributed by atoms with Crippen molar-refractivity contribution in [3.05, 3.63) is 59.7 Å². The molecule has 1 heterocycles. The second kappa shape index (κ2) is 8.19. The fourth-order valence-corrected chi connectivity index (χ4v) is 2.72. The van der Waals surface area contributed by atoms with Gasteiger partial charge < -0.3 is 15.3 Å². The largest absolute Gasteiger partial charge is 0.508 e. The Hall–Kier alpha value is -1.76. The van der Waals surface area contributed by atoms with E-state index >= 15 is 0 Å². The molecule has 0 saturated heterocycles. The maximum absolute atomic E-state index is 9.34. The van der Waals surface area contributed by atoms with Crippen molar-refractivity contribution >= 4 is 35.6 Å². The van der Waals surface area contributed by atoms with Crippen LogP contribution in [0.2, 0.25) is 0 Å². The summed E-state index contributed by atoms with van der Waals surface area (Å²) in [5, 5.41) is 12.7. The van der Waals surface area contributed by atoms with Crippen molar-refractivity contribution in [3.63, 3.8) is 0 Å². The number of phenolic OH excluding ortho intramolecular Hbond substituents is 1. The monoisotopic (exact) mass is 423 g/mol. The summed E-state index contributed by atoms with van der Waals surface area (Å²) in [4.78, 5) is 6.99. The van der Waals surface area contributed by atoms with E-state index in [1.54, 1.807) is 12.1 Å². The molecule has 122 valence electrons. The molecule has 2 N–H and O–H groups in total. The number of hydrogen-bond donors (Lipinski definition) is 2. The van der Waals surface area contributed by atoms with Gasteiger partial charge in [0, 0.05) is 18.8 Å². The molecule has 2 aromatic carbocycles. The lowest BCUT2D eigenvalue weighted by atomic mass is 10.2. The second-order valence-corrected chi connectivity index (χ2v) is 5.37. The molecule has 0 saturated carbocycles. The first-order chi connectivity index (χ1) is 10.8. The molecule has 0 atom stereocenters. The molecule has 3 rings (SSSR count). The lowest BCUT2D eigenvalue weighted by Crippen LogP contribution is -2.40. The van der Waals surface area contributed by atoms with Gasteiger partial charge in [0.2, 0.25) is 0 Å². The molecular formula is C18H22IN3O. The van der Waals surface area contributed by atoms with E-state index in [-0.39, 0.29) is 29.7 Å². The zero-order valence-corrected chi connectivity index (χ0v) is 15.5. The molecule has 4 nitrogen and oxygen atoms in total. The van der Waals surface area contributed by atoms with Gasteiger partial charge in [-0.05, 0) is 42.7 Å². The Kier molecular flexibility index (Phi) is 6.27. The van der Waals surface area contributed by atoms with Crippen LogP contribution in [-0.2, 0) is 13.0 Å². The number of fused-ring (bicyclic) bond motifs is 1. The van der Waals surface area contributed by atoms with Crippen LogP contribution in [0.1, 0.15) is 18.1 Å². The van der Waals surface area contributed by atoms with Crippen LogP contribution in [0.5, 0.6) is 5.75 Å². The average molecular weight is 423 g/mol. The van der Waals surface area contributed by atoms with Crippen LogP contribution in [-0.4, -0.2) is 24.2 Å². The summed E-state index contributed by atoms with van der Waals surface area (Å²) < 4.78 is 0. The number of nitrogens with one attached hydrogen (secondary N) is 1. The van der Waals surface area contributed by atoms with E-state index in [4.69, 9.17) is 4.99 Å². The SMILES string of the molecule is CCNC(=NCc1ccc(O)cc1)N1CCc2ccccc21.I. The summed E-state index contributed by atoms with van der Waals surface area (Å²) in [6.07, 6.45) is 1.06. The molecule has 1 aliphatic rings. The zero-order valence-electron chi connectivity index (χ0n) is 13.2. The lowest BCUT2D eigenvalue weighted by molar-refractivity contribution is 0.475. The number of aromatic hydroxyl groups is 1. The number of halogens is 1. The topological polar surface area (TPSA) is 47.9 Å². The normalized spacial score (nSPS) is 13.4. The molecule has 0 amide bonds. The third-order valence-electron chi connectivity index (χ3n) is 3.83. The molecule has 0 aliphatic carbocycles. The first-order valence-corrected chi connectivity index (χ1v) is 7.69. The second-order valence-electron chi connectivity index (χ2n) is 5.37. The maximum Gasteiger partial charge on any atom is 0.198 e. The number of nitrogens with zero attached hydrogens (tertiary/aromatic N) is 2. The van der Waals surface area contributed by atoms with Crippen molar-refractivity contribution in [3.8, 4) is 5.75 Å². The number of phenols is 1. The molecule has 5 heteroatoms. The van der Waals surface area contributed by atoms with Crippen molar-refractivity contribution in [2.75, 3.05) is 18.0 Å². The van der Waals surface area contributed by atoms with Gasteiger partial charge in [-0.2, -0.15) is 0 Å². The Balaban J connectivity index is 0.00000192. The van der Waals surface area contributed by atoms with E-state index < -0.39 is 0 Å².